The average molecular weight is 250 g/mol. The van der Waals surface area contributed by atoms with Gasteiger partial charge in [-0.2, -0.15) is 0 Å². The standard InChI is InChI=1S/C13H18N2O3/c1-3-6-11(13(17)18-2)15-12(16)9-7-4-5-8-10(9)14/h4-5,7-8,11H,3,6,14H2,1-2H3,(H,15,16). The Bertz CT molecular complexity index is 432. The molecular weight excluding hydrogens is 232 g/mol. The van der Waals surface area contributed by atoms with Crippen molar-refractivity contribution in [3.05, 3.63) is 29.8 Å². The molecule has 3 N–H and O–H groups in total. The van der Waals surface area contributed by atoms with Crippen LogP contribution in [0.15, 0.2) is 24.3 Å². The summed E-state index contributed by atoms with van der Waals surface area (Å²) in [5, 5.41) is 2.63. The summed E-state index contributed by atoms with van der Waals surface area (Å²) in [5.74, 6) is -0.809. The molecule has 0 saturated heterocycles. The number of carbonyl (C=O) groups excluding carboxylic acids is 2. The Hall–Kier alpha value is -2.04. The fourth-order valence-electron chi connectivity index (χ4n) is 1.62. The second kappa shape index (κ2) is 6.64. The molecule has 0 aliphatic rings. The van der Waals surface area contributed by atoms with Gasteiger partial charge in [0.1, 0.15) is 6.04 Å². The number of carbonyl (C=O) groups is 2. The van der Waals surface area contributed by atoms with Crippen LogP contribution in [0, 0.1) is 0 Å². The molecule has 0 saturated carbocycles. The van der Waals surface area contributed by atoms with E-state index in [4.69, 9.17) is 5.73 Å². The molecule has 1 amide bonds. The van der Waals surface area contributed by atoms with Crippen LogP contribution < -0.4 is 11.1 Å². The molecule has 0 fully saturated rings. The minimum atomic E-state index is -0.632. The molecule has 1 rings (SSSR count). The van der Waals surface area contributed by atoms with Crippen molar-refractivity contribution in [1.82, 2.24) is 5.32 Å². The molecule has 0 aliphatic carbocycles. The van der Waals surface area contributed by atoms with Crippen LogP contribution in [0.4, 0.5) is 5.69 Å². The summed E-state index contributed by atoms with van der Waals surface area (Å²) < 4.78 is 4.65. The van der Waals surface area contributed by atoms with Gasteiger partial charge in [0, 0.05) is 5.69 Å². The zero-order valence-corrected chi connectivity index (χ0v) is 10.6. The lowest BCUT2D eigenvalue weighted by Crippen LogP contribution is -2.41. The molecule has 1 unspecified atom stereocenters. The molecule has 0 spiro atoms. The average Bonchev–Trinajstić information content (AvgIpc) is 2.37. The molecule has 5 nitrogen and oxygen atoms in total. The maximum atomic E-state index is 12.0. The first kappa shape index (κ1) is 14.0. The van der Waals surface area contributed by atoms with Gasteiger partial charge in [0.15, 0.2) is 0 Å². The van der Waals surface area contributed by atoms with Crippen molar-refractivity contribution in [1.29, 1.82) is 0 Å². The molecule has 0 aliphatic heterocycles. The first-order chi connectivity index (χ1) is 8.60. The molecule has 1 aromatic carbocycles. The number of nitrogens with one attached hydrogen (secondary N) is 1. The minimum Gasteiger partial charge on any atom is -0.467 e. The lowest BCUT2D eigenvalue weighted by Gasteiger charge is -2.16. The number of hydrogen-bond donors (Lipinski definition) is 2. The van der Waals surface area contributed by atoms with Crippen LogP contribution in [0.3, 0.4) is 0 Å². The van der Waals surface area contributed by atoms with E-state index in [9.17, 15) is 9.59 Å². The maximum Gasteiger partial charge on any atom is 0.328 e. The van der Waals surface area contributed by atoms with Gasteiger partial charge < -0.3 is 15.8 Å². The molecule has 18 heavy (non-hydrogen) atoms. The number of nitrogens with two attached hydrogens (primary N) is 1. The highest BCUT2D eigenvalue weighted by molar-refractivity contribution is 6.00. The van der Waals surface area contributed by atoms with Crippen molar-refractivity contribution in [3.63, 3.8) is 0 Å². The quantitative estimate of drug-likeness (QED) is 0.610. The van der Waals surface area contributed by atoms with E-state index < -0.39 is 12.0 Å². The highest BCUT2D eigenvalue weighted by Crippen LogP contribution is 2.11. The number of esters is 1. The van der Waals surface area contributed by atoms with E-state index in [1.807, 2.05) is 6.92 Å². The van der Waals surface area contributed by atoms with Crippen LogP contribution in [0.2, 0.25) is 0 Å². The number of anilines is 1. The largest absolute Gasteiger partial charge is 0.467 e. The van der Waals surface area contributed by atoms with Crippen LogP contribution in [0.1, 0.15) is 30.1 Å². The van der Waals surface area contributed by atoms with Gasteiger partial charge in [-0.25, -0.2) is 4.79 Å². The predicted molar refractivity (Wildman–Crippen MR) is 69.0 cm³/mol. The van der Waals surface area contributed by atoms with Gasteiger partial charge in [0.05, 0.1) is 12.7 Å². The van der Waals surface area contributed by atoms with Gasteiger partial charge in [0.25, 0.3) is 5.91 Å². The molecule has 0 heterocycles. The molecule has 5 heteroatoms. The van der Waals surface area contributed by atoms with Gasteiger partial charge in [-0.05, 0) is 18.6 Å². The third-order valence-electron chi connectivity index (χ3n) is 2.57. The number of ether oxygens (including phenoxy) is 1. The van der Waals surface area contributed by atoms with E-state index in [1.165, 1.54) is 7.11 Å². The van der Waals surface area contributed by atoms with E-state index in [2.05, 4.69) is 10.1 Å². The Labute approximate surface area is 106 Å². The summed E-state index contributed by atoms with van der Waals surface area (Å²) >= 11 is 0. The summed E-state index contributed by atoms with van der Waals surface area (Å²) in [6.45, 7) is 1.93. The molecule has 0 radical (unpaired) electrons. The number of methoxy groups -OCH3 is 1. The summed E-state index contributed by atoms with van der Waals surface area (Å²) in [7, 11) is 1.30. The van der Waals surface area contributed by atoms with Gasteiger partial charge in [-0.15, -0.1) is 0 Å². The van der Waals surface area contributed by atoms with Crippen LogP contribution in [0.25, 0.3) is 0 Å². The number of benzene rings is 1. The zero-order chi connectivity index (χ0) is 13.5. The summed E-state index contributed by atoms with van der Waals surface area (Å²) in [6, 6.07) is 6.09. The normalized spacial score (nSPS) is 11.7. The Morgan fingerprint density at radius 2 is 2.06 bits per heavy atom. The number of nitrogen functional groups attached to an aromatic ring is 1. The lowest BCUT2D eigenvalue weighted by molar-refractivity contribution is -0.143. The molecule has 98 valence electrons. The Balaban J connectivity index is 2.79. The van der Waals surface area contributed by atoms with E-state index in [1.54, 1.807) is 24.3 Å². The molecule has 1 aromatic rings. The van der Waals surface area contributed by atoms with Gasteiger partial charge in [-0.1, -0.05) is 25.5 Å². The van der Waals surface area contributed by atoms with Crippen LogP contribution in [-0.2, 0) is 9.53 Å². The lowest BCUT2D eigenvalue weighted by atomic mass is 10.1. The number of para-hydroxylation sites is 1. The second-order valence-corrected chi connectivity index (χ2v) is 3.93. The van der Waals surface area contributed by atoms with Gasteiger partial charge in [-0.3, -0.25) is 4.79 Å². The highest BCUT2D eigenvalue weighted by Gasteiger charge is 2.21. The number of rotatable bonds is 5. The van der Waals surface area contributed by atoms with Gasteiger partial charge >= 0.3 is 5.97 Å². The summed E-state index contributed by atoms with van der Waals surface area (Å²) in [5.41, 5.74) is 6.45. The minimum absolute atomic E-state index is 0.363. The van der Waals surface area contributed by atoms with E-state index in [0.717, 1.165) is 6.42 Å². The third kappa shape index (κ3) is 3.48. The number of hydrogen-bond acceptors (Lipinski definition) is 4. The maximum absolute atomic E-state index is 12.0. The van der Waals surface area contributed by atoms with Crippen molar-refractivity contribution < 1.29 is 14.3 Å². The SMILES string of the molecule is CCCC(NC(=O)c1ccccc1N)C(=O)OC. The fraction of sp³-hybridized carbons (Fsp3) is 0.385. The van der Waals surface area contributed by atoms with Crippen molar-refractivity contribution in [3.8, 4) is 0 Å². The van der Waals surface area contributed by atoms with E-state index in [0.29, 0.717) is 17.7 Å². The van der Waals surface area contributed by atoms with Crippen LogP contribution in [-0.4, -0.2) is 25.0 Å². The van der Waals surface area contributed by atoms with Crippen molar-refractivity contribution >= 4 is 17.6 Å². The summed E-state index contributed by atoms with van der Waals surface area (Å²) in [4.78, 5) is 23.5. The van der Waals surface area contributed by atoms with E-state index in [-0.39, 0.29) is 5.91 Å². The second-order valence-electron chi connectivity index (χ2n) is 3.93. The zero-order valence-electron chi connectivity index (χ0n) is 10.6. The third-order valence-corrected chi connectivity index (χ3v) is 2.57. The predicted octanol–water partition coefficient (Wildman–Crippen LogP) is 1.34. The monoisotopic (exact) mass is 250 g/mol. The van der Waals surface area contributed by atoms with Gasteiger partial charge in [0.2, 0.25) is 0 Å². The van der Waals surface area contributed by atoms with Crippen molar-refractivity contribution in [2.24, 2.45) is 0 Å². The first-order valence-electron chi connectivity index (χ1n) is 5.83. The molecule has 0 bridgehead atoms. The Kier molecular flexibility index (Phi) is 5.17. The molecule has 0 aromatic heterocycles. The molecule has 1 atom stereocenters. The summed E-state index contributed by atoms with van der Waals surface area (Å²) in [6.07, 6.45) is 1.30. The Morgan fingerprint density at radius 1 is 1.39 bits per heavy atom. The first-order valence-corrected chi connectivity index (χ1v) is 5.83. The number of amides is 1. The smallest absolute Gasteiger partial charge is 0.328 e. The van der Waals surface area contributed by atoms with Crippen LogP contribution in [0.5, 0.6) is 0 Å². The van der Waals surface area contributed by atoms with E-state index >= 15 is 0 Å². The Morgan fingerprint density at radius 3 is 2.61 bits per heavy atom. The van der Waals surface area contributed by atoms with Crippen molar-refractivity contribution in [2.45, 2.75) is 25.8 Å². The van der Waals surface area contributed by atoms with Crippen LogP contribution >= 0.6 is 0 Å². The fourth-order valence-corrected chi connectivity index (χ4v) is 1.62. The highest BCUT2D eigenvalue weighted by atomic mass is 16.5. The molecular formula is C13H18N2O3. The topological polar surface area (TPSA) is 81.4 Å². The van der Waals surface area contributed by atoms with Crippen molar-refractivity contribution in [2.75, 3.05) is 12.8 Å².